The molecule has 1 atom stereocenters. The molecule has 0 aliphatic carbocycles. The van der Waals surface area contributed by atoms with Crippen molar-refractivity contribution < 1.29 is 5.11 Å². The fraction of sp³-hybridized carbons (Fsp3) is 0.538. The molecule has 1 aliphatic rings. The van der Waals surface area contributed by atoms with Crippen molar-refractivity contribution in [1.82, 2.24) is 10.2 Å². The summed E-state index contributed by atoms with van der Waals surface area (Å²) in [5.74, 6) is 0. The molecule has 0 amide bonds. The average molecular weight is 293 g/mol. The highest BCUT2D eigenvalue weighted by molar-refractivity contribution is 5.85. The van der Waals surface area contributed by atoms with E-state index in [4.69, 9.17) is 5.11 Å². The third-order valence-corrected chi connectivity index (χ3v) is 3.07. The highest BCUT2D eigenvalue weighted by Gasteiger charge is 2.18. The molecule has 104 valence electrons. The molecule has 0 radical (unpaired) electrons. The first-order chi connectivity index (χ1) is 7.88. The molecule has 0 saturated carbocycles. The van der Waals surface area contributed by atoms with Crippen LogP contribution in [0.3, 0.4) is 0 Å². The van der Waals surface area contributed by atoms with Crippen LogP contribution in [0.4, 0.5) is 0 Å². The molecule has 0 spiro atoms. The maximum absolute atomic E-state index is 8.94. The molecule has 0 unspecified atom stereocenters. The van der Waals surface area contributed by atoms with Crippen molar-refractivity contribution in [3.05, 3.63) is 35.9 Å². The molecule has 1 heterocycles. The third kappa shape index (κ3) is 5.55. The van der Waals surface area contributed by atoms with Gasteiger partial charge in [-0.25, -0.2) is 0 Å². The molecule has 5 heteroatoms. The van der Waals surface area contributed by atoms with Crippen LogP contribution in [0.2, 0.25) is 0 Å². The molecule has 0 bridgehead atoms. The van der Waals surface area contributed by atoms with Crippen molar-refractivity contribution in [2.75, 3.05) is 26.2 Å². The Labute approximate surface area is 121 Å². The Kier molecular flexibility index (Phi) is 9.42. The van der Waals surface area contributed by atoms with Gasteiger partial charge in [-0.2, -0.15) is 0 Å². The minimum Gasteiger partial charge on any atom is -0.396 e. The molecule has 1 saturated heterocycles. The van der Waals surface area contributed by atoms with Crippen molar-refractivity contribution in [1.29, 1.82) is 0 Å². The number of aliphatic hydroxyl groups excluding tert-OH is 1. The van der Waals surface area contributed by atoms with Crippen molar-refractivity contribution in [2.24, 2.45) is 0 Å². The number of hydrogen-bond donors (Lipinski definition) is 2. The molecule has 2 rings (SSSR count). The predicted molar refractivity (Wildman–Crippen MR) is 79.7 cm³/mol. The van der Waals surface area contributed by atoms with Gasteiger partial charge in [-0.3, -0.25) is 4.90 Å². The lowest BCUT2D eigenvalue weighted by Gasteiger charge is -2.33. The number of nitrogens with one attached hydrogen (secondary N) is 1. The van der Waals surface area contributed by atoms with Crippen molar-refractivity contribution in [3.63, 3.8) is 0 Å². The summed E-state index contributed by atoms with van der Waals surface area (Å²) in [6.45, 7) is 4.45. The van der Waals surface area contributed by atoms with Crippen LogP contribution in [0.5, 0.6) is 0 Å². The first-order valence-electron chi connectivity index (χ1n) is 5.99. The molecule has 18 heavy (non-hydrogen) atoms. The second-order valence-electron chi connectivity index (χ2n) is 4.38. The van der Waals surface area contributed by atoms with Gasteiger partial charge in [0.1, 0.15) is 0 Å². The number of benzene rings is 1. The van der Waals surface area contributed by atoms with Crippen LogP contribution < -0.4 is 5.32 Å². The number of hydrogen-bond acceptors (Lipinski definition) is 3. The van der Waals surface area contributed by atoms with E-state index < -0.39 is 0 Å². The van der Waals surface area contributed by atoms with Crippen LogP contribution in [0.15, 0.2) is 30.3 Å². The standard InChI is InChI=1S/C13H20N2O.2ClH/c16-9-6-13-11-15(8-7-14-13)10-12-4-2-1-3-5-12;;/h1-5,13-14,16H,6-11H2;2*1H/t13-;;/m0../s1. The van der Waals surface area contributed by atoms with E-state index in [0.717, 1.165) is 32.6 Å². The number of rotatable bonds is 4. The largest absolute Gasteiger partial charge is 0.396 e. The van der Waals surface area contributed by atoms with Gasteiger partial charge in [0.15, 0.2) is 0 Å². The number of nitrogens with zero attached hydrogens (tertiary/aromatic N) is 1. The fourth-order valence-electron chi connectivity index (χ4n) is 2.23. The number of halogens is 2. The van der Waals surface area contributed by atoms with E-state index in [0.29, 0.717) is 6.04 Å². The highest BCUT2D eigenvalue weighted by atomic mass is 35.5. The van der Waals surface area contributed by atoms with Crippen molar-refractivity contribution >= 4 is 24.8 Å². The van der Waals surface area contributed by atoms with Gasteiger partial charge in [-0.15, -0.1) is 24.8 Å². The van der Waals surface area contributed by atoms with Gasteiger partial charge in [0, 0.05) is 38.8 Å². The molecule has 0 aromatic heterocycles. The monoisotopic (exact) mass is 292 g/mol. The van der Waals surface area contributed by atoms with Crippen molar-refractivity contribution in [3.8, 4) is 0 Å². The molecule has 1 aromatic carbocycles. The van der Waals surface area contributed by atoms with Gasteiger partial charge in [0.2, 0.25) is 0 Å². The lowest BCUT2D eigenvalue weighted by Crippen LogP contribution is -2.50. The zero-order chi connectivity index (χ0) is 11.2. The minimum atomic E-state index is 0. The quantitative estimate of drug-likeness (QED) is 0.887. The summed E-state index contributed by atoms with van der Waals surface area (Å²) in [4.78, 5) is 2.45. The van der Waals surface area contributed by atoms with Crippen LogP contribution in [0.25, 0.3) is 0 Å². The topological polar surface area (TPSA) is 35.5 Å². The normalized spacial score (nSPS) is 19.7. The Bertz CT molecular complexity index is 309. The summed E-state index contributed by atoms with van der Waals surface area (Å²) in [5, 5.41) is 12.4. The Balaban J connectivity index is 0.00000144. The minimum absolute atomic E-state index is 0. The predicted octanol–water partition coefficient (Wildman–Crippen LogP) is 1.69. The summed E-state index contributed by atoms with van der Waals surface area (Å²) < 4.78 is 0. The Morgan fingerprint density at radius 2 is 1.94 bits per heavy atom. The zero-order valence-electron chi connectivity index (χ0n) is 10.4. The molecular formula is C13H22Cl2N2O. The van der Waals surface area contributed by atoms with Gasteiger partial charge >= 0.3 is 0 Å². The fourth-order valence-corrected chi connectivity index (χ4v) is 2.23. The van der Waals surface area contributed by atoms with E-state index >= 15 is 0 Å². The first-order valence-corrected chi connectivity index (χ1v) is 5.99. The summed E-state index contributed by atoms with van der Waals surface area (Å²) in [6.07, 6.45) is 0.852. The zero-order valence-corrected chi connectivity index (χ0v) is 12.1. The van der Waals surface area contributed by atoms with E-state index in [1.807, 2.05) is 0 Å². The van der Waals surface area contributed by atoms with Gasteiger partial charge in [-0.1, -0.05) is 30.3 Å². The maximum Gasteiger partial charge on any atom is 0.0446 e. The van der Waals surface area contributed by atoms with Crippen LogP contribution >= 0.6 is 24.8 Å². The van der Waals surface area contributed by atoms with Crippen LogP contribution in [0, 0.1) is 0 Å². The summed E-state index contributed by atoms with van der Waals surface area (Å²) in [5.41, 5.74) is 1.37. The van der Waals surface area contributed by atoms with Gasteiger partial charge in [0.05, 0.1) is 0 Å². The van der Waals surface area contributed by atoms with E-state index in [2.05, 4.69) is 40.5 Å². The van der Waals surface area contributed by atoms with Crippen LogP contribution in [0.1, 0.15) is 12.0 Å². The summed E-state index contributed by atoms with van der Waals surface area (Å²) >= 11 is 0. The average Bonchev–Trinajstić information content (AvgIpc) is 2.31. The lowest BCUT2D eigenvalue weighted by molar-refractivity contribution is 0.168. The maximum atomic E-state index is 8.94. The molecule has 1 fully saturated rings. The van der Waals surface area contributed by atoms with Crippen molar-refractivity contribution in [2.45, 2.75) is 19.0 Å². The van der Waals surface area contributed by atoms with E-state index in [1.54, 1.807) is 0 Å². The highest BCUT2D eigenvalue weighted by Crippen LogP contribution is 2.08. The second-order valence-corrected chi connectivity index (χ2v) is 4.38. The first kappa shape index (κ1) is 17.7. The number of piperazine rings is 1. The molecule has 1 aromatic rings. The SMILES string of the molecule is Cl.Cl.OCC[C@H]1CN(Cc2ccccc2)CCN1. The Hall–Kier alpha value is -0.320. The third-order valence-electron chi connectivity index (χ3n) is 3.07. The Morgan fingerprint density at radius 3 is 2.61 bits per heavy atom. The molecule has 3 nitrogen and oxygen atoms in total. The van der Waals surface area contributed by atoms with E-state index in [1.165, 1.54) is 5.56 Å². The Morgan fingerprint density at radius 1 is 1.22 bits per heavy atom. The molecule has 2 N–H and O–H groups in total. The van der Waals surface area contributed by atoms with Gasteiger partial charge in [0.25, 0.3) is 0 Å². The summed E-state index contributed by atoms with van der Waals surface area (Å²) in [7, 11) is 0. The van der Waals surface area contributed by atoms with Gasteiger partial charge in [-0.05, 0) is 12.0 Å². The smallest absolute Gasteiger partial charge is 0.0446 e. The molecule has 1 aliphatic heterocycles. The van der Waals surface area contributed by atoms with E-state index in [-0.39, 0.29) is 31.4 Å². The van der Waals surface area contributed by atoms with Crippen LogP contribution in [-0.2, 0) is 6.54 Å². The van der Waals surface area contributed by atoms with Gasteiger partial charge < -0.3 is 10.4 Å². The van der Waals surface area contributed by atoms with E-state index in [9.17, 15) is 0 Å². The number of aliphatic hydroxyl groups is 1. The van der Waals surface area contributed by atoms with Crippen LogP contribution in [-0.4, -0.2) is 42.3 Å². The summed E-state index contributed by atoms with van der Waals surface area (Å²) in [6, 6.07) is 11.0. The lowest BCUT2D eigenvalue weighted by atomic mass is 10.1. The molecular weight excluding hydrogens is 271 g/mol. The second kappa shape index (κ2) is 9.59.